The Morgan fingerprint density at radius 2 is 2.00 bits per heavy atom. The average Bonchev–Trinajstić information content (AvgIpc) is 2.66. The fourth-order valence-electron chi connectivity index (χ4n) is 3.07. The molecule has 0 atom stereocenters. The molecule has 0 spiro atoms. The predicted octanol–water partition coefficient (Wildman–Crippen LogP) is 1.99. The van der Waals surface area contributed by atoms with Crippen LogP contribution in [0.5, 0.6) is 5.75 Å². The summed E-state index contributed by atoms with van der Waals surface area (Å²) in [6.07, 6.45) is 1.34. The molecular formula is C18H24N4O5S. The number of nitrogens with zero attached hydrogens (tertiary/aromatic N) is 3. The van der Waals surface area contributed by atoms with Gasteiger partial charge in [-0.25, -0.2) is 9.29 Å². The lowest BCUT2D eigenvalue weighted by molar-refractivity contribution is 0.0942. The number of anilines is 1. The maximum Gasteiger partial charge on any atom is 0.297 e. The maximum absolute atomic E-state index is 12.6. The zero-order valence-corrected chi connectivity index (χ0v) is 16.6. The van der Waals surface area contributed by atoms with Gasteiger partial charge in [-0.15, -0.1) is 10.8 Å². The van der Waals surface area contributed by atoms with Crippen LogP contribution in [0.1, 0.15) is 34.5 Å². The van der Waals surface area contributed by atoms with E-state index in [0.717, 1.165) is 15.7 Å². The van der Waals surface area contributed by atoms with Crippen LogP contribution in [0.4, 0.5) is 5.95 Å². The minimum Gasteiger partial charge on any atom is -0.501 e. The number of hydrogen-bond acceptors (Lipinski definition) is 7. The van der Waals surface area contributed by atoms with E-state index < -0.39 is 33.7 Å². The van der Waals surface area contributed by atoms with Crippen molar-refractivity contribution in [2.45, 2.75) is 26.3 Å². The molecule has 9 nitrogen and oxygen atoms in total. The van der Waals surface area contributed by atoms with Crippen molar-refractivity contribution in [3.63, 3.8) is 0 Å². The van der Waals surface area contributed by atoms with E-state index in [-0.39, 0.29) is 24.8 Å². The van der Waals surface area contributed by atoms with Crippen LogP contribution in [0.25, 0.3) is 0 Å². The molecule has 28 heavy (non-hydrogen) atoms. The van der Waals surface area contributed by atoms with E-state index in [1.807, 2.05) is 31.2 Å². The normalized spacial score (nSPS) is 17.2. The number of aromatic hydroxyl groups is 1. The van der Waals surface area contributed by atoms with E-state index >= 15 is 0 Å². The molecule has 152 valence electrons. The van der Waals surface area contributed by atoms with Crippen molar-refractivity contribution in [1.29, 1.82) is 0 Å². The van der Waals surface area contributed by atoms with Gasteiger partial charge in [-0.1, -0.05) is 24.3 Å². The Morgan fingerprint density at radius 1 is 1.29 bits per heavy atom. The number of carbonyl (C=O) groups excluding carboxylic acids is 1. The molecule has 0 bridgehead atoms. The summed E-state index contributed by atoms with van der Waals surface area (Å²) in [5.74, 6) is -1.38. The highest BCUT2D eigenvalue weighted by molar-refractivity contribution is 8.25. The molecule has 1 saturated heterocycles. The number of carbonyl (C=O) groups is 1. The Hall–Kier alpha value is -2.56. The average molecular weight is 408 g/mol. The molecule has 0 saturated carbocycles. The molecule has 1 aromatic heterocycles. The van der Waals surface area contributed by atoms with Gasteiger partial charge in [-0.2, -0.15) is 0 Å². The van der Waals surface area contributed by atoms with Crippen molar-refractivity contribution in [3.05, 3.63) is 51.4 Å². The van der Waals surface area contributed by atoms with Crippen LogP contribution >= 0.6 is 10.8 Å². The number of nitrogens with one attached hydrogen (secondary N) is 1. The highest BCUT2D eigenvalue weighted by Crippen LogP contribution is 2.48. The third-order valence-electron chi connectivity index (χ3n) is 4.76. The molecule has 2 aromatic rings. The fourth-order valence-corrected chi connectivity index (χ4v) is 4.72. The second-order valence-electron chi connectivity index (χ2n) is 6.73. The van der Waals surface area contributed by atoms with Crippen LogP contribution in [0.2, 0.25) is 0 Å². The van der Waals surface area contributed by atoms with Gasteiger partial charge in [-0.3, -0.25) is 23.3 Å². The third-order valence-corrected chi connectivity index (χ3v) is 6.65. The standard InChI is InChI=1S/C18H24N4O5S/c1-12-7-3-4-8-13(12)11-19-16(24)14-15(23)17(25)21(2)18(20-14)22-9-5-6-10-28(22,26)27/h3-4,7-8,23,26-27H,5-6,9-11H2,1-2H3,(H,19,24). The monoisotopic (exact) mass is 408 g/mol. The van der Waals surface area contributed by atoms with Gasteiger partial charge in [-0.05, 0) is 30.9 Å². The van der Waals surface area contributed by atoms with Crippen LogP contribution in [0.3, 0.4) is 0 Å². The van der Waals surface area contributed by atoms with Crippen molar-refractivity contribution in [2.75, 3.05) is 16.6 Å². The zero-order chi connectivity index (χ0) is 20.5. The van der Waals surface area contributed by atoms with Gasteiger partial charge >= 0.3 is 0 Å². The molecule has 0 radical (unpaired) electrons. The third kappa shape index (κ3) is 3.84. The number of benzene rings is 1. The van der Waals surface area contributed by atoms with Gasteiger partial charge in [0.25, 0.3) is 11.5 Å². The van der Waals surface area contributed by atoms with Gasteiger partial charge in [0.2, 0.25) is 11.7 Å². The quantitative estimate of drug-likeness (QED) is 0.609. The first-order chi connectivity index (χ1) is 13.2. The van der Waals surface area contributed by atoms with Crippen LogP contribution < -0.4 is 15.2 Å². The minimum atomic E-state index is -3.13. The van der Waals surface area contributed by atoms with Crippen molar-refractivity contribution in [3.8, 4) is 5.75 Å². The Balaban J connectivity index is 1.93. The first kappa shape index (κ1) is 20.2. The second-order valence-corrected chi connectivity index (χ2v) is 8.84. The number of hydrogen-bond donors (Lipinski definition) is 4. The molecule has 1 aliphatic rings. The molecule has 1 amide bonds. The predicted molar refractivity (Wildman–Crippen MR) is 108 cm³/mol. The van der Waals surface area contributed by atoms with Crippen LogP contribution in [-0.2, 0) is 13.6 Å². The molecule has 1 fully saturated rings. The Kier molecular flexibility index (Phi) is 5.64. The summed E-state index contributed by atoms with van der Waals surface area (Å²) in [6, 6.07) is 7.51. The van der Waals surface area contributed by atoms with E-state index in [1.165, 1.54) is 11.4 Å². The summed E-state index contributed by atoms with van der Waals surface area (Å²) in [6.45, 7) is 2.41. The van der Waals surface area contributed by atoms with Crippen molar-refractivity contribution in [2.24, 2.45) is 7.05 Å². The van der Waals surface area contributed by atoms with Crippen molar-refractivity contribution < 1.29 is 19.0 Å². The van der Waals surface area contributed by atoms with E-state index in [4.69, 9.17) is 0 Å². The van der Waals surface area contributed by atoms with E-state index in [9.17, 15) is 23.8 Å². The summed E-state index contributed by atoms with van der Waals surface area (Å²) in [5, 5.41) is 12.8. The molecule has 1 aromatic carbocycles. The summed E-state index contributed by atoms with van der Waals surface area (Å²) in [7, 11) is -1.77. The first-order valence-electron chi connectivity index (χ1n) is 8.88. The molecule has 3 rings (SSSR count). The van der Waals surface area contributed by atoms with E-state index in [0.29, 0.717) is 12.8 Å². The van der Waals surface area contributed by atoms with Gasteiger partial charge in [0.15, 0.2) is 5.69 Å². The van der Waals surface area contributed by atoms with Crippen LogP contribution in [0, 0.1) is 6.92 Å². The fraction of sp³-hybridized carbons (Fsp3) is 0.389. The summed E-state index contributed by atoms with van der Waals surface area (Å²) in [5.41, 5.74) is 0.621. The van der Waals surface area contributed by atoms with E-state index in [1.54, 1.807) is 0 Å². The van der Waals surface area contributed by atoms with Gasteiger partial charge in [0.1, 0.15) is 0 Å². The van der Waals surface area contributed by atoms with Gasteiger partial charge < -0.3 is 10.4 Å². The van der Waals surface area contributed by atoms with Crippen molar-refractivity contribution in [1.82, 2.24) is 14.9 Å². The van der Waals surface area contributed by atoms with Crippen LogP contribution in [0.15, 0.2) is 29.1 Å². The lowest BCUT2D eigenvalue weighted by Crippen LogP contribution is -2.39. The zero-order valence-electron chi connectivity index (χ0n) is 15.8. The van der Waals surface area contributed by atoms with Gasteiger partial charge in [0, 0.05) is 20.1 Å². The SMILES string of the molecule is Cc1ccccc1CNC(=O)c1nc(N2CCCCS2(O)O)n(C)c(=O)c1O. The molecular weight excluding hydrogens is 384 g/mol. The Labute approximate surface area is 164 Å². The van der Waals surface area contributed by atoms with Crippen LogP contribution in [-0.4, -0.2) is 42.0 Å². The highest BCUT2D eigenvalue weighted by atomic mass is 32.3. The molecule has 0 unspecified atom stereocenters. The topological polar surface area (TPSA) is 128 Å². The van der Waals surface area contributed by atoms with Gasteiger partial charge in [0.05, 0.1) is 5.75 Å². The Morgan fingerprint density at radius 3 is 2.68 bits per heavy atom. The molecule has 10 heteroatoms. The largest absolute Gasteiger partial charge is 0.501 e. The summed E-state index contributed by atoms with van der Waals surface area (Å²) < 4.78 is 22.9. The number of aromatic nitrogens is 2. The van der Waals surface area contributed by atoms with E-state index in [2.05, 4.69) is 10.3 Å². The first-order valence-corrected chi connectivity index (χ1v) is 10.6. The number of rotatable bonds is 4. The smallest absolute Gasteiger partial charge is 0.297 e. The lowest BCUT2D eigenvalue weighted by atomic mass is 10.1. The number of amides is 1. The minimum absolute atomic E-state index is 0.0523. The summed E-state index contributed by atoms with van der Waals surface area (Å²) in [4.78, 5) is 29.1. The second kappa shape index (κ2) is 7.82. The lowest BCUT2D eigenvalue weighted by Gasteiger charge is -2.46. The highest BCUT2D eigenvalue weighted by Gasteiger charge is 2.32. The maximum atomic E-state index is 12.6. The Bertz CT molecular complexity index is 959. The molecule has 1 aliphatic heterocycles. The molecule has 0 aliphatic carbocycles. The number of aryl methyl sites for hydroxylation is 1. The van der Waals surface area contributed by atoms with Crippen molar-refractivity contribution >= 4 is 22.6 Å². The molecule has 4 N–H and O–H groups in total. The molecule has 2 heterocycles. The summed E-state index contributed by atoms with van der Waals surface area (Å²) >= 11 is 0.